The van der Waals surface area contributed by atoms with Crippen molar-refractivity contribution in [3.05, 3.63) is 35.4 Å². The smallest absolute Gasteiger partial charge is 0.0807 e. The third kappa shape index (κ3) is 2.77. The molecule has 2 nitrogen and oxygen atoms in total. The topological polar surface area (TPSA) is 35.2 Å². The predicted molar refractivity (Wildman–Crippen MR) is 82.9 cm³/mol. The molecule has 0 aliphatic heterocycles. The molecule has 1 aromatic carbocycles. The summed E-state index contributed by atoms with van der Waals surface area (Å²) in [6, 6.07) is 8.88. The molecule has 3 atom stereocenters. The van der Waals surface area contributed by atoms with Crippen LogP contribution in [0.15, 0.2) is 24.3 Å². The molecule has 0 bridgehead atoms. The maximum atomic E-state index is 6.38. The van der Waals surface area contributed by atoms with Crippen molar-refractivity contribution in [1.82, 2.24) is 0 Å². The summed E-state index contributed by atoms with van der Waals surface area (Å²) < 4.78 is 6.38. The van der Waals surface area contributed by atoms with Crippen molar-refractivity contribution in [2.45, 2.75) is 57.0 Å². The Morgan fingerprint density at radius 2 is 2.15 bits per heavy atom. The van der Waals surface area contributed by atoms with Gasteiger partial charge in [0.25, 0.3) is 0 Å². The number of rotatable bonds is 4. The van der Waals surface area contributed by atoms with E-state index in [-0.39, 0.29) is 5.60 Å². The molecular weight excluding hydrogens is 246 g/mol. The highest BCUT2D eigenvalue weighted by Crippen LogP contribution is 2.39. The number of aryl methyl sites for hydroxylation is 1. The summed E-state index contributed by atoms with van der Waals surface area (Å²) in [5, 5.41) is 0. The van der Waals surface area contributed by atoms with E-state index in [4.69, 9.17) is 10.5 Å². The second-order valence-electron chi connectivity index (χ2n) is 6.83. The molecule has 0 spiro atoms. The van der Waals surface area contributed by atoms with Gasteiger partial charge in [-0.25, -0.2) is 0 Å². The molecule has 0 saturated heterocycles. The SMILES string of the molecule is CC1CCC(CN)(OCC2CCCc3ccccc32)C1. The Kier molecular flexibility index (Phi) is 4.13. The second-order valence-corrected chi connectivity index (χ2v) is 6.83. The lowest BCUT2D eigenvalue weighted by Crippen LogP contribution is -2.39. The molecule has 2 heteroatoms. The Labute approximate surface area is 122 Å². The molecule has 1 aromatic rings. The van der Waals surface area contributed by atoms with Gasteiger partial charge in [-0.3, -0.25) is 0 Å². The highest BCUT2D eigenvalue weighted by atomic mass is 16.5. The van der Waals surface area contributed by atoms with E-state index < -0.39 is 0 Å². The summed E-state index contributed by atoms with van der Waals surface area (Å²) in [5.41, 5.74) is 9.01. The van der Waals surface area contributed by atoms with Gasteiger partial charge in [0.05, 0.1) is 12.2 Å². The van der Waals surface area contributed by atoms with Crippen LogP contribution in [0.1, 0.15) is 56.1 Å². The van der Waals surface area contributed by atoms with E-state index in [2.05, 4.69) is 31.2 Å². The van der Waals surface area contributed by atoms with Gasteiger partial charge in [-0.2, -0.15) is 0 Å². The Bertz CT molecular complexity index is 458. The summed E-state index contributed by atoms with van der Waals surface area (Å²) in [6.07, 6.45) is 7.31. The van der Waals surface area contributed by atoms with Crippen LogP contribution in [-0.4, -0.2) is 18.8 Å². The molecule has 3 unspecified atom stereocenters. The van der Waals surface area contributed by atoms with E-state index in [0.29, 0.717) is 12.5 Å². The van der Waals surface area contributed by atoms with Crippen molar-refractivity contribution >= 4 is 0 Å². The first-order valence-corrected chi connectivity index (χ1v) is 8.14. The maximum absolute atomic E-state index is 6.38. The van der Waals surface area contributed by atoms with Crippen LogP contribution in [0.3, 0.4) is 0 Å². The maximum Gasteiger partial charge on any atom is 0.0807 e. The molecule has 20 heavy (non-hydrogen) atoms. The minimum Gasteiger partial charge on any atom is -0.373 e. The molecule has 0 aromatic heterocycles. The molecule has 2 N–H and O–H groups in total. The third-order valence-electron chi connectivity index (χ3n) is 5.27. The monoisotopic (exact) mass is 273 g/mol. The number of hydrogen-bond acceptors (Lipinski definition) is 2. The van der Waals surface area contributed by atoms with Crippen molar-refractivity contribution in [2.24, 2.45) is 11.7 Å². The van der Waals surface area contributed by atoms with Crippen LogP contribution in [0, 0.1) is 5.92 Å². The zero-order chi connectivity index (χ0) is 14.0. The van der Waals surface area contributed by atoms with Gasteiger partial charge in [-0.05, 0) is 55.6 Å². The van der Waals surface area contributed by atoms with Crippen LogP contribution in [0.2, 0.25) is 0 Å². The van der Waals surface area contributed by atoms with Crippen LogP contribution >= 0.6 is 0 Å². The largest absolute Gasteiger partial charge is 0.373 e. The Balaban J connectivity index is 1.67. The van der Waals surface area contributed by atoms with Crippen LogP contribution in [0.25, 0.3) is 0 Å². The van der Waals surface area contributed by atoms with Gasteiger partial charge in [0, 0.05) is 12.5 Å². The van der Waals surface area contributed by atoms with Crippen LogP contribution in [-0.2, 0) is 11.2 Å². The Hall–Kier alpha value is -0.860. The van der Waals surface area contributed by atoms with E-state index in [1.807, 2.05) is 0 Å². The first-order chi connectivity index (χ1) is 9.72. The van der Waals surface area contributed by atoms with Crippen molar-refractivity contribution in [2.75, 3.05) is 13.2 Å². The molecule has 1 saturated carbocycles. The fourth-order valence-electron chi connectivity index (χ4n) is 4.03. The van der Waals surface area contributed by atoms with Crippen molar-refractivity contribution in [1.29, 1.82) is 0 Å². The minimum absolute atomic E-state index is 0.0359. The number of benzene rings is 1. The summed E-state index contributed by atoms with van der Waals surface area (Å²) >= 11 is 0. The molecule has 110 valence electrons. The minimum atomic E-state index is -0.0359. The van der Waals surface area contributed by atoms with Crippen molar-refractivity contribution in [3.63, 3.8) is 0 Å². The van der Waals surface area contributed by atoms with Crippen molar-refractivity contribution < 1.29 is 4.74 Å². The summed E-state index contributed by atoms with van der Waals surface area (Å²) in [5.74, 6) is 1.33. The van der Waals surface area contributed by atoms with Gasteiger partial charge in [-0.15, -0.1) is 0 Å². The molecule has 0 heterocycles. The van der Waals surface area contributed by atoms with Crippen LogP contribution in [0.4, 0.5) is 0 Å². The van der Waals surface area contributed by atoms with E-state index in [0.717, 1.165) is 25.4 Å². The van der Waals surface area contributed by atoms with E-state index in [1.165, 1.54) is 36.8 Å². The van der Waals surface area contributed by atoms with Gasteiger partial charge in [0.2, 0.25) is 0 Å². The zero-order valence-corrected chi connectivity index (χ0v) is 12.6. The van der Waals surface area contributed by atoms with Crippen LogP contribution < -0.4 is 5.73 Å². The molecule has 0 amide bonds. The molecule has 0 radical (unpaired) electrons. The number of nitrogens with two attached hydrogens (primary N) is 1. The lowest BCUT2D eigenvalue weighted by molar-refractivity contribution is -0.0439. The fraction of sp³-hybridized carbons (Fsp3) is 0.667. The number of fused-ring (bicyclic) bond motifs is 1. The van der Waals surface area contributed by atoms with E-state index in [9.17, 15) is 0 Å². The number of hydrogen-bond donors (Lipinski definition) is 1. The molecule has 2 aliphatic rings. The first-order valence-electron chi connectivity index (χ1n) is 8.14. The number of ether oxygens (including phenoxy) is 1. The molecule has 1 fully saturated rings. The predicted octanol–water partition coefficient (Wildman–Crippen LogP) is 3.64. The van der Waals surface area contributed by atoms with Gasteiger partial charge in [0.15, 0.2) is 0 Å². The first kappa shape index (κ1) is 14.1. The van der Waals surface area contributed by atoms with E-state index >= 15 is 0 Å². The fourth-order valence-corrected chi connectivity index (χ4v) is 4.03. The van der Waals surface area contributed by atoms with E-state index in [1.54, 1.807) is 0 Å². The lowest BCUT2D eigenvalue weighted by Gasteiger charge is -2.32. The molecule has 2 aliphatic carbocycles. The zero-order valence-electron chi connectivity index (χ0n) is 12.6. The van der Waals surface area contributed by atoms with Gasteiger partial charge < -0.3 is 10.5 Å². The third-order valence-corrected chi connectivity index (χ3v) is 5.27. The quantitative estimate of drug-likeness (QED) is 0.909. The molecular formula is C18H27NO. The van der Waals surface area contributed by atoms with Gasteiger partial charge in [0.1, 0.15) is 0 Å². The van der Waals surface area contributed by atoms with Gasteiger partial charge in [-0.1, -0.05) is 31.2 Å². The summed E-state index contributed by atoms with van der Waals surface area (Å²) in [4.78, 5) is 0. The average molecular weight is 273 g/mol. The highest BCUT2D eigenvalue weighted by molar-refractivity contribution is 5.32. The summed E-state index contributed by atoms with van der Waals surface area (Å²) in [6.45, 7) is 3.84. The van der Waals surface area contributed by atoms with Crippen molar-refractivity contribution in [3.8, 4) is 0 Å². The normalized spacial score (nSPS) is 33.1. The van der Waals surface area contributed by atoms with Gasteiger partial charge >= 0.3 is 0 Å². The lowest BCUT2D eigenvalue weighted by atomic mass is 9.83. The molecule has 3 rings (SSSR count). The standard InChI is InChI=1S/C18H27NO/c1-14-9-10-18(11-14,13-19)20-12-16-7-4-6-15-5-2-3-8-17(15)16/h2-3,5,8,14,16H,4,6-7,9-13,19H2,1H3. The summed E-state index contributed by atoms with van der Waals surface area (Å²) in [7, 11) is 0. The average Bonchev–Trinajstić information content (AvgIpc) is 2.87. The Morgan fingerprint density at radius 1 is 1.30 bits per heavy atom. The highest BCUT2D eigenvalue weighted by Gasteiger charge is 2.38. The Morgan fingerprint density at radius 3 is 2.90 bits per heavy atom. The second kappa shape index (κ2) is 5.87. The van der Waals surface area contributed by atoms with Crippen LogP contribution in [0.5, 0.6) is 0 Å².